The molecule has 7 heteroatoms. The third kappa shape index (κ3) is 2.69. The third-order valence-corrected chi connectivity index (χ3v) is 3.55. The van der Waals surface area contributed by atoms with Gasteiger partial charge in [0, 0.05) is 25.2 Å². The predicted octanol–water partition coefficient (Wildman–Crippen LogP) is 0.835. The van der Waals surface area contributed by atoms with Crippen LogP contribution in [0.15, 0.2) is 24.5 Å². The molecule has 0 radical (unpaired) electrons. The van der Waals surface area contributed by atoms with E-state index < -0.39 is 5.97 Å². The summed E-state index contributed by atoms with van der Waals surface area (Å²) in [6.07, 6.45) is 3.97. The standard InChI is InChI=1S/C15H15N3O4/c1-10-3-2-6-17-7-11(16-15(10)17)9-22-14(21)8-18-12(19)4-5-13(18)20/h2-3,6-7H,4-5,8-9H2,1H3. The fourth-order valence-corrected chi connectivity index (χ4v) is 2.40. The number of hydrogen-bond donors (Lipinski definition) is 0. The van der Waals surface area contributed by atoms with E-state index in [1.54, 1.807) is 6.20 Å². The summed E-state index contributed by atoms with van der Waals surface area (Å²) in [4.78, 5) is 39.9. The maximum absolute atomic E-state index is 11.7. The van der Waals surface area contributed by atoms with Crippen molar-refractivity contribution in [3.8, 4) is 0 Å². The number of ether oxygens (including phenoxy) is 1. The summed E-state index contributed by atoms with van der Waals surface area (Å²) < 4.78 is 6.95. The van der Waals surface area contributed by atoms with Crippen LogP contribution in [0.4, 0.5) is 0 Å². The molecule has 2 amide bonds. The van der Waals surface area contributed by atoms with Gasteiger partial charge < -0.3 is 9.14 Å². The molecule has 22 heavy (non-hydrogen) atoms. The van der Waals surface area contributed by atoms with Gasteiger partial charge in [-0.1, -0.05) is 6.07 Å². The van der Waals surface area contributed by atoms with Crippen molar-refractivity contribution < 1.29 is 19.1 Å². The molecular weight excluding hydrogens is 286 g/mol. The number of carbonyl (C=O) groups is 3. The van der Waals surface area contributed by atoms with Gasteiger partial charge in [0.2, 0.25) is 11.8 Å². The van der Waals surface area contributed by atoms with Crippen LogP contribution in [0, 0.1) is 6.92 Å². The molecule has 0 bridgehead atoms. The first kappa shape index (κ1) is 14.2. The highest BCUT2D eigenvalue weighted by Gasteiger charge is 2.30. The van der Waals surface area contributed by atoms with Crippen molar-refractivity contribution in [3.63, 3.8) is 0 Å². The molecule has 0 saturated carbocycles. The quantitative estimate of drug-likeness (QED) is 0.617. The van der Waals surface area contributed by atoms with Gasteiger partial charge in [-0.2, -0.15) is 0 Å². The third-order valence-electron chi connectivity index (χ3n) is 3.55. The van der Waals surface area contributed by atoms with Gasteiger partial charge in [0.1, 0.15) is 18.8 Å². The second-order valence-corrected chi connectivity index (χ2v) is 5.19. The lowest BCUT2D eigenvalue weighted by Crippen LogP contribution is -2.35. The highest BCUT2D eigenvalue weighted by molar-refractivity contribution is 6.04. The number of aromatic nitrogens is 2. The monoisotopic (exact) mass is 301 g/mol. The minimum absolute atomic E-state index is 0.0101. The van der Waals surface area contributed by atoms with E-state index in [-0.39, 0.29) is 37.8 Å². The summed E-state index contributed by atoms with van der Waals surface area (Å²) >= 11 is 0. The Morgan fingerprint density at radius 1 is 1.32 bits per heavy atom. The van der Waals surface area contributed by atoms with Crippen molar-refractivity contribution in [2.75, 3.05) is 6.54 Å². The Balaban J connectivity index is 1.61. The van der Waals surface area contributed by atoms with Crippen LogP contribution in [-0.4, -0.2) is 38.6 Å². The average Bonchev–Trinajstić information content (AvgIpc) is 3.04. The van der Waals surface area contributed by atoms with Crippen LogP contribution in [0.5, 0.6) is 0 Å². The van der Waals surface area contributed by atoms with Crippen molar-refractivity contribution in [2.24, 2.45) is 0 Å². The lowest BCUT2D eigenvalue weighted by Gasteiger charge is -2.12. The molecule has 0 unspecified atom stereocenters. The summed E-state index contributed by atoms with van der Waals surface area (Å²) in [6, 6.07) is 3.85. The number of aryl methyl sites for hydroxylation is 1. The van der Waals surface area contributed by atoms with Gasteiger partial charge >= 0.3 is 5.97 Å². The molecule has 0 spiro atoms. The maximum atomic E-state index is 11.7. The Hall–Kier alpha value is -2.70. The first-order valence-corrected chi connectivity index (χ1v) is 6.96. The van der Waals surface area contributed by atoms with Crippen LogP contribution in [0.25, 0.3) is 5.65 Å². The minimum Gasteiger partial charge on any atom is -0.458 e. The second kappa shape index (κ2) is 5.59. The van der Waals surface area contributed by atoms with Crippen LogP contribution >= 0.6 is 0 Å². The lowest BCUT2D eigenvalue weighted by atomic mass is 10.3. The van der Waals surface area contributed by atoms with E-state index in [0.29, 0.717) is 5.69 Å². The zero-order chi connectivity index (χ0) is 15.7. The van der Waals surface area contributed by atoms with Crippen molar-refractivity contribution in [1.29, 1.82) is 0 Å². The Kier molecular flexibility index (Phi) is 3.62. The van der Waals surface area contributed by atoms with Crippen molar-refractivity contribution >= 4 is 23.4 Å². The van der Waals surface area contributed by atoms with Gasteiger partial charge in [-0.15, -0.1) is 0 Å². The van der Waals surface area contributed by atoms with E-state index in [1.807, 2.05) is 29.7 Å². The van der Waals surface area contributed by atoms with Crippen LogP contribution < -0.4 is 0 Å². The number of likely N-dealkylation sites (tertiary alicyclic amines) is 1. The zero-order valence-electron chi connectivity index (χ0n) is 12.1. The Bertz CT molecular complexity index is 749. The average molecular weight is 301 g/mol. The maximum Gasteiger partial charge on any atom is 0.326 e. The molecule has 2 aromatic heterocycles. The fraction of sp³-hybridized carbons (Fsp3) is 0.333. The number of imide groups is 1. The summed E-state index contributed by atoms with van der Waals surface area (Å²) in [5, 5.41) is 0. The molecule has 0 aliphatic carbocycles. The number of pyridine rings is 1. The number of fused-ring (bicyclic) bond motifs is 1. The number of amides is 2. The van der Waals surface area contributed by atoms with Crippen LogP contribution in [-0.2, 0) is 25.7 Å². The summed E-state index contributed by atoms with van der Waals surface area (Å²) in [6.45, 7) is 1.63. The molecule has 0 atom stereocenters. The Morgan fingerprint density at radius 2 is 2.05 bits per heavy atom. The molecule has 1 fully saturated rings. The highest BCUT2D eigenvalue weighted by Crippen LogP contribution is 2.13. The van der Waals surface area contributed by atoms with E-state index in [4.69, 9.17) is 4.74 Å². The summed E-state index contributed by atoms with van der Waals surface area (Å²) in [5.41, 5.74) is 2.44. The number of imidazole rings is 1. The molecule has 3 rings (SSSR count). The molecule has 2 aromatic rings. The molecule has 7 nitrogen and oxygen atoms in total. The molecule has 114 valence electrons. The SMILES string of the molecule is Cc1cccn2cc(COC(=O)CN3C(=O)CCC3=O)nc12. The number of nitrogens with zero attached hydrogens (tertiary/aromatic N) is 3. The van der Waals surface area contributed by atoms with E-state index >= 15 is 0 Å². The number of carbonyl (C=O) groups excluding carboxylic acids is 3. The predicted molar refractivity (Wildman–Crippen MR) is 75.7 cm³/mol. The molecule has 0 N–H and O–H groups in total. The van der Waals surface area contributed by atoms with Gasteiger partial charge in [-0.3, -0.25) is 19.3 Å². The minimum atomic E-state index is -0.614. The van der Waals surface area contributed by atoms with E-state index in [0.717, 1.165) is 16.1 Å². The summed E-state index contributed by atoms with van der Waals surface area (Å²) in [5.74, 6) is -1.27. The topological polar surface area (TPSA) is 81.0 Å². The first-order valence-electron chi connectivity index (χ1n) is 6.96. The van der Waals surface area contributed by atoms with Crippen molar-refractivity contribution in [1.82, 2.24) is 14.3 Å². The number of rotatable bonds is 4. The van der Waals surface area contributed by atoms with E-state index in [2.05, 4.69) is 4.98 Å². The molecule has 1 aliphatic rings. The van der Waals surface area contributed by atoms with Crippen molar-refractivity contribution in [2.45, 2.75) is 26.4 Å². The van der Waals surface area contributed by atoms with Crippen molar-refractivity contribution in [3.05, 3.63) is 35.8 Å². The molecule has 1 saturated heterocycles. The van der Waals surface area contributed by atoms with Gasteiger partial charge in [0.25, 0.3) is 0 Å². The van der Waals surface area contributed by atoms with E-state index in [9.17, 15) is 14.4 Å². The van der Waals surface area contributed by atoms with Crippen LogP contribution in [0.2, 0.25) is 0 Å². The van der Waals surface area contributed by atoms with Gasteiger partial charge in [0.15, 0.2) is 0 Å². The second-order valence-electron chi connectivity index (χ2n) is 5.19. The highest BCUT2D eigenvalue weighted by atomic mass is 16.5. The van der Waals surface area contributed by atoms with Crippen LogP contribution in [0.3, 0.4) is 0 Å². The Morgan fingerprint density at radius 3 is 2.73 bits per heavy atom. The van der Waals surface area contributed by atoms with Gasteiger partial charge in [-0.25, -0.2) is 4.98 Å². The largest absolute Gasteiger partial charge is 0.458 e. The molecule has 0 aromatic carbocycles. The van der Waals surface area contributed by atoms with Crippen LogP contribution in [0.1, 0.15) is 24.1 Å². The normalized spacial score (nSPS) is 14.9. The van der Waals surface area contributed by atoms with Gasteiger partial charge in [-0.05, 0) is 18.6 Å². The first-order chi connectivity index (χ1) is 10.5. The summed E-state index contributed by atoms with van der Waals surface area (Å²) in [7, 11) is 0. The molecule has 3 heterocycles. The number of hydrogen-bond acceptors (Lipinski definition) is 5. The fourth-order valence-electron chi connectivity index (χ4n) is 2.40. The smallest absolute Gasteiger partial charge is 0.326 e. The molecule has 1 aliphatic heterocycles. The zero-order valence-corrected chi connectivity index (χ0v) is 12.1. The Labute approximate surface area is 126 Å². The number of esters is 1. The molecular formula is C15H15N3O4. The van der Waals surface area contributed by atoms with E-state index in [1.165, 1.54) is 0 Å². The lowest BCUT2D eigenvalue weighted by molar-refractivity contribution is -0.153. The van der Waals surface area contributed by atoms with Gasteiger partial charge in [0.05, 0.1) is 5.69 Å².